The number of carbonyl (C=O) groups excluding carboxylic acids is 1. The van der Waals surface area contributed by atoms with Gasteiger partial charge in [0.1, 0.15) is 4.88 Å². The van der Waals surface area contributed by atoms with Crippen molar-refractivity contribution in [1.82, 2.24) is 0 Å². The number of rotatable bonds is 0. The van der Waals surface area contributed by atoms with E-state index in [1.54, 1.807) is 6.21 Å². The highest BCUT2D eigenvalue weighted by molar-refractivity contribution is 7.12. The van der Waals surface area contributed by atoms with E-state index >= 15 is 0 Å². The Morgan fingerprint density at radius 1 is 1.56 bits per heavy atom. The minimum absolute atomic E-state index is 0.0972. The molecular formula is C6H3NOS. The van der Waals surface area contributed by atoms with Crippen molar-refractivity contribution in [2.75, 3.05) is 0 Å². The van der Waals surface area contributed by atoms with Gasteiger partial charge in [-0.3, -0.25) is 4.79 Å². The lowest BCUT2D eigenvalue weighted by Crippen LogP contribution is -1.82. The monoisotopic (exact) mass is 137 g/mol. The molecule has 1 aromatic rings. The van der Waals surface area contributed by atoms with Crippen molar-refractivity contribution >= 4 is 23.5 Å². The second-order valence-corrected chi connectivity index (χ2v) is 2.68. The molecule has 0 unspecified atom stereocenters. The number of aliphatic imine (C=N–C) groups is 1. The van der Waals surface area contributed by atoms with Crippen LogP contribution in [0.3, 0.4) is 0 Å². The number of hydrogen-bond donors (Lipinski definition) is 0. The van der Waals surface area contributed by atoms with E-state index in [0.717, 1.165) is 10.4 Å². The second kappa shape index (κ2) is 1.51. The van der Waals surface area contributed by atoms with Gasteiger partial charge in [-0.2, -0.15) is 0 Å². The lowest BCUT2D eigenvalue weighted by Gasteiger charge is -1.77. The zero-order valence-corrected chi connectivity index (χ0v) is 5.31. The van der Waals surface area contributed by atoms with Gasteiger partial charge < -0.3 is 0 Å². The molecule has 0 atom stereocenters. The van der Waals surface area contributed by atoms with E-state index in [-0.39, 0.29) is 5.91 Å². The first-order valence-electron chi connectivity index (χ1n) is 2.54. The molecule has 2 heterocycles. The average Bonchev–Trinajstić information content (AvgIpc) is 2.35. The molecule has 2 rings (SSSR count). The van der Waals surface area contributed by atoms with Crippen LogP contribution in [0.4, 0.5) is 0 Å². The molecule has 44 valence electrons. The summed E-state index contributed by atoms with van der Waals surface area (Å²) < 4.78 is 0. The van der Waals surface area contributed by atoms with E-state index in [2.05, 4.69) is 4.99 Å². The molecule has 0 spiro atoms. The summed E-state index contributed by atoms with van der Waals surface area (Å²) in [6.45, 7) is 0. The fourth-order valence-corrected chi connectivity index (χ4v) is 1.54. The predicted octanol–water partition coefficient (Wildman–Crippen LogP) is 1.32. The van der Waals surface area contributed by atoms with Crippen molar-refractivity contribution in [2.45, 2.75) is 0 Å². The van der Waals surface area contributed by atoms with Crippen molar-refractivity contribution in [3.63, 3.8) is 0 Å². The second-order valence-electron chi connectivity index (χ2n) is 1.77. The summed E-state index contributed by atoms with van der Waals surface area (Å²) in [4.78, 5) is 15.1. The highest BCUT2D eigenvalue weighted by Gasteiger charge is 2.15. The highest BCUT2D eigenvalue weighted by Crippen LogP contribution is 2.19. The quantitative estimate of drug-likeness (QED) is 0.530. The first kappa shape index (κ1) is 4.88. The van der Waals surface area contributed by atoms with Crippen molar-refractivity contribution in [3.05, 3.63) is 21.9 Å². The van der Waals surface area contributed by atoms with Gasteiger partial charge in [-0.15, -0.1) is 11.3 Å². The summed E-state index contributed by atoms with van der Waals surface area (Å²) >= 11 is 1.45. The van der Waals surface area contributed by atoms with Crippen LogP contribution in [0, 0.1) is 0 Å². The third kappa shape index (κ3) is 0.549. The summed E-state index contributed by atoms with van der Waals surface area (Å²) in [5, 5.41) is 1.90. The largest absolute Gasteiger partial charge is 0.287 e. The number of nitrogens with zero attached hydrogens (tertiary/aromatic N) is 1. The number of carbonyl (C=O) groups is 1. The van der Waals surface area contributed by atoms with E-state index < -0.39 is 0 Å². The third-order valence-corrected chi connectivity index (χ3v) is 2.13. The Morgan fingerprint density at radius 2 is 2.44 bits per heavy atom. The van der Waals surface area contributed by atoms with Gasteiger partial charge in [0.05, 0.1) is 0 Å². The standard InChI is InChI=1S/C6H3NOS/c8-6-5-4(3-7-6)1-2-9-5/h1-3H. The zero-order valence-electron chi connectivity index (χ0n) is 4.50. The van der Waals surface area contributed by atoms with E-state index in [9.17, 15) is 4.79 Å². The molecular weight excluding hydrogens is 134 g/mol. The number of fused-ring (bicyclic) bond motifs is 1. The fraction of sp³-hybridized carbons (Fsp3) is 0. The lowest BCUT2D eigenvalue weighted by molar-refractivity contribution is 0.101. The van der Waals surface area contributed by atoms with Crippen LogP contribution in [0.1, 0.15) is 15.2 Å². The number of amides is 1. The fourth-order valence-electron chi connectivity index (χ4n) is 0.781. The van der Waals surface area contributed by atoms with Gasteiger partial charge in [0, 0.05) is 11.8 Å². The van der Waals surface area contributed by atoms with Gasteiger partial charge in [-0.1, -0.05) is 0 Å². The van der Waals surface area contributed by atoms with Crippen molar-refractivity contribution in [2.24, 2.45) is 4.99 Å². The molecule has 1 aliphatic heterocycles. The van der Waals surface area contributed by atoms with Gasteiger partial charge in [-0.25, -0.2) is 4.99 Å². The van der Waals surface area contributed by atoms with Gasteiger partial charge in [-0.05, 0) is 11.4 Å². The molecule has 2 nitrogen and oxygen atoms in total. The highest BCUT2D eigenvalue weighted by atomic mass is 32.1. The third-order valence-electron chi connectivity index (χ3n) is 1.21. The van der Waals surface area contributed by atoms with E-state index in [4.69, 9.17) is 0 Å². The van der Waals surface area contributed by atoms with Crippen LogP contribution in [0.5, 0.6) is 0 Å². The maximum atomic E-state index is 10.7. The van der Waals surface area contributed by atoms with Gasteiger partial charge in [0.15, 0.2) is 0 Å². The van der Waals surface area contributed by atoms with E-state index in [1.165, 1.54) is 11.3 Å². The molecule has 0 fully saturated rings. The van der Waals surface area contributed by atoms with Crippen molar-refractivity contribution < 1.29 is 4.79 Å². The Hall–Kier alpha value is -0.960. The van der Waals surface area contributed by atoms with Gasteiger partial charge >= 0.3 is 0 Å². The van der Waals surface area contributed by atoms with E-state index in [1.807, 2.05) is 11.4 Å². The maximum Gasteiger partial charge on any atom is 0.287 e. The Bertz CT molecular complexity index is 287. The number of hydrogen-bond acceptors (Lipinski definition) is 2. The maximum absolute atomic E-state index is 10.7. The molecule has 0 bridgehead atoms. The van der Waals surface area contributed by atoms with Crippen LogP contribution in [0.2, 0.25) is 0 Å². The van der Waals surface area contributed by atoms with Crippen LogP contribution < -0.4 is 0 Å². The van der Waals surface area contributed by atoms with Crippen LogP contribution in [-0.2, 0) is 0 Å². The molecule has 1 aromatic heterocycles. The summed E-state index contributed by atoms with van der Waals surface area (Å²) in [6, 6.07) is 1.90. The van der Waals surface area contributed by atoms with Crippen LogP contribution in [-0.4, -0.2) is 12.1 Å². The molecule has 1 aliphatic rings. The van der Waals surface area contributed by atoms with Crippen LogP contribution >= 0.6 is 11.3 Å². The smallest absolute Gasteiger partial charge is 0.266 e. The molecule has 3 heteroatoms. The first-order valence-corrected chi connectivity index (χ1v) is 3.42. The minimum atomic E-state index is -0.0972. The molecule has 0 saturated carbocycles. The van der Waals surface area contributed by atoms with Gasteiger partial charge in [0.2, 0.25) is 0 Å². The molecule has 0 N–H and O–H groups in total. The summed E-state index contributed by atoms with van der Waals surface area (Å²) in [5.41, 5.74) is 0.963. The number of thiophene rings is 1. The van der Waals surface area contributed by atoms with Crippen LogP contribution in [0.15, 0.2) is 16.4 Å². The summed E-state index contributed by atoms with van der Waals surface area (Å²) in [6.07, 6.45) is 1.61. The first-order chi connectivity index (χ1) is 4.38. The SMILES string of the molecule is O=C1N=Cc2ccsc21. The Balaban J connectivity index is 2.73. The molecule has 0 aliphatic carbocycles. The van der Waals surface area contributed by atoms with Gasteiger partial charge in [0.25, 0.3) is 5.91 Å². The molecule has 1 amide bonds. The Morgan fingerprint density at radius 3 is 3.22 bits per heavy atom. The van der Waals surface area contributed by atoms with Crippen molar-refractivity contribution in [1.29, 1.82) is 0 Å². The van der Waals surface area contributed by atoms with Crippen molar-refractivity contribution in [3.8, 4) is 0 Å². The Kier molecular flexibility index (Phi) is 0.818. The zero-order chi connectivity index (χ0) is 6.27. The van der Waals surface area contributed by atoms with E-state index in [0.29, 0.717) is 0 Å². The Labute approximate surface area is 55.9 Å². The van der Waals surface area contributed by atoms with Crippen LogP contribution in [0.25, 0.3) is 0 Å². The summed E-state index contributed by atoms with van der Waals surface area (Å²) in [7, 11) is 0. The minimum Gasteiger partial charge on any atom is -0.266 e. The molecule has 0 aromatic carbocycles. The topological polar surface area (TPSA) is 29.4 Å². The summed E-state index contributed by atoms with van der Waals surface area (Å²) in [5.74, 6) is -0.0972. The lowest BCUT2D eigenvalue weighted by atomic mass is 10.3. The normalized spacial score (nSPS) is 14.4. The molecule has 0 saturated heterocycles. The molecule has 0 radical (unpaired) electrons. The average molecular weight is 137 g/mol. The predicted molar refractivity (Wildman–Crippen MR) is 36.2 cm³/mol. The molecule has 9 heavy (non-hydrogen) atoms.